The average molecular weight is 297 g/mol. The third-order valence-corrected chi connectivity index (χ3v) is 3.79. The van der Waals surface area contributed by atoms with Crippen LogP contribution in [-0.2, 0) is 0 Å². The normalized spacial score (nSPS) is 16.6. The SMILES string of the molecule is CCCC1(CNC(=O)c2ccc(Br)cn2)CC1. The minimum Gasteiger partial charge on any atom is -0.350 e. The molecule has 92 valence electrons. The predicted octanol–water partition coefficient (Wildman–Crippen LogP) is 3.15. The molecule has 0 aliphatic heterocycles. The molecule has 0 aromatic carbocycles. The number of amides is 1. The molecule has 1 aromatic heterocycles. The molecule has 1 aliphatic rings. The van der Waals surface area contributed by atoms with E-state index < -0.39 is 0 Å². The number of pyridine rings is 1. The number of halogens is 1. The second-order valence-electron chi connectivity index (χ2n) is 4.79. The lowest BCUT2D eigenvalue weighted by Gasteiger charge is -2.14. The molecule has 17 heavy (non-hydrogen) atoms. The highest BCUT2D eigenvalue weighted by Crippen LogP contribution is 2.48. The second-order valence-corrected chi connectivity index (χ2v) is 5.71. The largest absolute Gasteiger partial charge is 0.350 e. The highest BCUT2D eigenvalue weighted by molar-refractivity contribution is 9.10. The lowest BCUT2D eigenvalue weighted by Crippen LogP contribution is -2.30. The highest BCUT2D eigenvalue weighted by atomic mass is 79.9. The summed E-state index contributed by atoms with van der Waals surface area (Å²) in [5.41, 5.74) is 0.875. The van der Waals surface area contributed by atoms with Crippen LogP contribution in [-0.4, -0.2) is 17.4 Å². The van der Waals surface area contributed by atoms with Crippen molar-refractivity contribution in [2.24, 2.45) is 5.41 Å². The van der Waals surface area contributed by atoms with Crippen molar-refractivity contribution in [3.8, 4) is 0 Å². The van der Waals surface area contributed by atoms with E-state index in [2.05, 4.69) is 33.2 Å². The van der Waals surface area contributed by atoms with Gasteiger partial charge in [0.25, 0.3) is 5.91 Å². The molecular weight excluding hydrogens is 280 g/mol. The van der Waals surface area contributed by atoms with Gasteiger partial charge in [-0.25, -0.2) is 4.98 Å². The van der Waals surface area contributed by atoms with Crippen LogP contribution < -0.4 is 5.32 Å². The van der Waals surface area contributed by atoms with Gasteiger partial charge in [-0.15, -0.1) is 0 Å². The van der Waals surface area contributed by atoms with Crippen LogP contribution in [0.5, 0.6) is 0 Å². The van der Waals surface area contributed by atoms with Crippen LogP contribution in [0.3, 0.4) is 0 Å². The predicted molar refractivity (Wildman–Crippen MR) is 70.8 cm³/mol. The third kappa shape index (κ3) is 3.28. The molecule has 1 saturated carbocycles. The Kier molecular flexibility index (Phi) is 3.82. The molecule has 1 amide bonds. The zero-order chi connectivity index (χ0) is 12.3. The van der Waals surface area contributed by atoms with Gasteiger partial charge in [0.1, 0.15) is 5.69 Å². The molecule has 3 nitrogen and oxygen atoms in total. The van der Waals surface area contributed by atoms with Crippen LogP contribution in [0.1, 0.15) is 43.1 Å². The first-order valence-corrected chi connectivity index (χ1v) is 6.84. The molecule has 0 atom stereocenters. The Morgan fingerprint density at radius 2 is 2.29 bits per heavy atom. The van der Waals surface area contributed by atoms with E-state index in [-0.39, 0.29) is 5.91 Å². The Hall–Kier alpha value is -0.900. The molecule has 0 spiro atoms. The summed E-state index contributed by atoms with van der Waals surface area (Å²) in [4.78, 5) is 15.9. The lowest BCUT2D eigenvalue weighted by molar-refractivity contribution is 0.0938. The molecule has 2 rings (SSSR count). The first-order chi connectivity index (χ1) is 8.15. The fourth-order valence-electron chi connectivity index (χ4n) is 2.09. The van der Waals surface area contributed by atoms with E-state index in [0.29, 0.717) is 11.1 Å². The lowest BCUT2D eigenvalue weighted by atomic mass is 10.0. The first kappa shape index (κ1) is 12.6. The van der Waals surface area contributed by atoms with Gasteiger partial charge >= 0.3 is 0 Å². The van der Waals surface area contributed by atoms with Gasteiger partial charge < -0.3 is 5.32 Å². The molecule has 1 N–H and O–H groups in total. The Morgan fingerprint density at radius 3 is 2.82 bits per heavy atom. The topological polar surface area (TPSA) is 42.0 Å². The van der Waals surface area contributed by atoms with E-state index in [0.717, 1.165) is 11.0 Å². The molecule has 0 unspecified atom stereocenters. The van der Waals surface area contributed by atoms with Gasteiger partial charge in [0.2, 0.25) is 0 Å². The number of rotatable bonds is 5. The van der Waals surface area contributed by atoms with Gasteiger partial charge in [0.05, 0.1) is 0 Å². The fourth-order valence-corrected chi connectivity index (χ4v) is 2.33. The number of nitrogens with one attached hydrogen (secondary N) is 1. The summed E-state index contributed by atoms with van der Waals surface area (Å²) in [5.74, 6) is -0.0696. The van der Waals surface area contributed by atoms with Crippen molar-refractivity contribution in [3.05, 3.63) is 28.5 Å². The number of carbonyl (C=O) groups excluding carboxylic acids is 1. The number of hydrogen-bond acceptors (Lipinski definition) is 2. The van der Waals surface area contributed by atoms with Crippen LogP contribution in [0.2, 0.25) is 0 Å². The molecule has 1 aromatic rings. The quantitative estimate of drug-likeness (QED) is 0.907. The van der Waals surface area contributed by atoms with E-state index in [1.807, 2.05) is 6.07 Å². The summed E-state index contributed by atoms with van der Waals surface area (Å²) in [6.07, 6.45) is 6.53. The minimum atomic E-state index is -0.0696. The smallest absolute Gasteiger partial charge is 0.269 e. The molecule has 1 fully saturated rings. The van der Waals surface area contributed by atoms with Gasteiger partial charge in [0, 0.05) is 17.2 Å². The number of carbonyl (C=O) groups is 1. The van der Waals surface area contributed by atoms with Crippen molar-refractivity contribution in [2.45, 2.75) is 32.6 Å². The van der Waals surface area contributed by atoms with Crippen LogP contribution in [0.15, 0.2) is 22.8 Å². The number of aromatic nitrogens is 1. The van der Waals surface area contributed by atoms with Crippen molar-refractivity contribution >= 4 is 21.8 Å². The van der Waals surface area contributed by atoms with Crippen LogP contribution in [0.25, 0.3) is 0 Å². The van der Waals surface area contributed by atoms with Gasteiger partial charge in [-0.1, -0.05) is 13.3 Å². The van der Waals surface area contributed by atoms with E-state index in [4.69, 9.17) is 0 Å². The van der Waals surface area contributed by atoms with E-state index in [9.17, 15) is 4.79 Å². The minimum absolute atomic E-state index is 0.0696. The summed E-state index contributed by atoms with van der Waals surface area (Å²) in [5, 5.41) is 2.99. The maximum Gasteiger partial charge on any atom is 0.269 e. The molecule has 0 saturated heterocycles. The van der Waals surface area contributed by atoms with Crippen molar-refractivity contribution in [3.63, 3.8) is 0 Å². The highest BCUT2D eigenvalue weighted by Gasteiger charge is 2.41. The summed E-state index contributed by atoms with van der Waals surface area (Å²) in [6.45, 7) is 2.98. The second kappa shape index (κ2) is 5.17. The first-order valence-electron chi connectivity index (χ1n) is 6.05. The van der Waals surface area contributed by atoms with E-state index in [1.54, 1.807) is 12.3 Å². The standard InChI is InChI=1S/C13H17BrN2O/c1-2-5-13(6-7-13)9-16-12(17)11-4-3-10(14)8-15-11/h3-4,8H,2,5-7,9H2,1H3,(H,16,17). The summed E-state index contributed by atoms with van der Waals surface area (Å²) in [6, 6.07) is 3.57. The average Bonchev–Trinajstić information content (AvgIpc) is 3.08. The summed E-state index contributed by atoms with van der Waals surface area (Å²) in [7, 11) is 0. The Morgan fingerprint density at radius 1 is 1.53 bits per heavy atom. The van der Waals surface area contributed by atoms with Crippen LogP contribution in [0, 0.1) is 5.41 Å². The maximum atomic E-state index is 11.8. The zero-order valence-electron chi connectivity index (χ0n) is 10.0. The van der Waals surface area contributed by atoms with Crippen molar-refractivity contribution in [1.29, 1.82) is 0 Å². The van der Waals surface area contributed by atoms with Gasteiger partial charge in [-0.3, -0.25) is 4.79 Å². The maximum absolute atomic E-state index is 11.8. The van der Waals surface area contributed by atoms with Crippen molar-refractivity contribution < 1.29 is 4.79 Å². The Bertz CT molecular complexity index is 398. The molecule has 1 heterocycles. The fraction of sp³-hybridized carbons (Fsp3) is 0.538. The Balaban J connectivity index is 1.87. The third-order valence-electron chi connectivity index (χ3n) is 3.32. The Labute approximate surface area is 110 Å². The number of nitrogens with zero attached hydrogens (tertiary/aromatic N) is 1. The molecule has 0 bridgehead atoms. The molecule has 0 radical (unpaired) electrons. The van der Waals surface area contributed by atoms with Gasteiger partial charge in [-0.05, 0) is 52.7 Å². The van der Waals surface area contributed by atoms with E-state index in [1.165, 1.54) is 25.7 Å². The summed E-state index contributed by atoms with van der Waals surface area (Å²) >= 11 is 3.30. The van der Waals surface area contributed by atoms with Crippen LogP contribution in [0.4, 0.5) is 0 Å². The van der Waals surface area contributed by atoms with Crippen molar-refractivity contribution in [1.82, 2.24) is 10.3 Å². The van der Waals surface area contributed by atoms with Crippen molar-refractivity contribution in [2.75, 3.05) is 6.54 Å². The summed E-state index contributed by atoms with van der Waals surface area (Å²) < 4.78 is 0.888. The van der Waals surface area contributed by atoms with Crippen LogP contribution >= 0.6 is 15.9 Å². The zero-order valence-corrected chi connectivity index (χ0v) is 11.6. The molecule has 4 heteroatoms. The van der Waals surface area contributed by atoms with Gasteiger partial charge in [0.15, 0.2) is 0 Å². The number of hydrogen-bond donors (Lipinski definition) is 1. The monoisotopic (exact) mass is 296 g/mol. The molecule has 1 aliphatic carbocycles. The molecular formula is C13H17BrN2O. The van der Waals surface area contributed by atoms with E-state index >= 15 is 0 Å². The van der Waals surface area contributed by atoms with Gasteiger partial charge in [-0.2, -0.15) is 0 Å².